The Labute approximate surface area is 114 Å². The van der Waals surface area contributed by atoms with Gasteiger partial charge in [0.05, 0.1) is 6.42 Å². The Morgan fingerprint density at radius 1 is 1.50 bits per heavy atom. The Kier molecular flexibility index (Phi) is 5.27. The van der Waals surface area contributed by atoms with Crippen molar-refractivity contribution >= 4 is 27.8 Å². The maximum atomic E-state index is 12.2. The fourth-order valence-corrected chi connectivity index (χ4v) is 2.04. The molecule has 1 rings (SSSR count). The van der Waals surface area contributed by atoms with Crippen LogP contribution in [0.3, 0.4) is 0 Å². The predicted octanol–water partition coefficient (Wildman–Crippen LogP) is 2.17. The minimum Gasteiger partial charge on any atom is -0.481 e. The van der Waals surface area contributed by atoms with Crippen LogP contribution in [0.1, 0.15) is 30.8 Å². The van der Waals surface area contributed by atoms with Gasteiger partial charge in [0.2, 0.25) is 0 Å². The van der Waals surface area contributed by atoms with Gasteiger partial charge in [0.1, 0.15) is 10.3 Å². The zero-order valence-corrected chi connectivity index (χ0v) is 11.8. The van der Waals surface area contributed by atoms with Gasteiger partial charge in [-0.1, -0.05) is 6.07 Å². The lowest BCUT2D eigenvalue weighted by molar-refractivity contribution is -0.138. The number of hydrogen-bond donors (Lipinski definition) is 1. The molecule has 0 aromatic carbocycles. The lowest BCUT2D eigenvalue weighted by Gasteiger charge is -2.26. The summed E-state index contributed by atoms with van der Waals surface area (Å²) in [6.45, 7) is 3.98. The summed E-state index contributed by atoms with van der Waals surface area (Å²) in [7, 11) is 0. The average molecular weight is 315 g/mol. The summed E-state index contributed by atoms with van der Waals surface area (Å²) in [6.07, 6.45) is -0.0758. The zero-order chi connectivity index (χ0) is 13.7. The zero-order valence-electron chi connectivity index (χ0n) is 10.3. The van der Waals surface area contributed by atoms with E-state index in [1.807, 2.05) is 6.92 Å². The van der Waals surface area contributed by atoms with E-state index in [1.54, 1.807) is 25.1 Å². The summed E-state index contributed by atoms with van der Waals surface area (Å²) in [5.41, 5.74) is 0.309. The molecule has 6 heteroatoms. The van der Waals surface area contributed by atoms with E-state index in [0.29, 0.717) is 16.8 Å². The highest BCUT2D eigenvalue weighted by Gasteiger charge is 2.22. The normalized spacial score (nSPS) is 11.9. The maximum absolute atomic E-state index is 12.2. The van der Waals surface area contributed by atoms with E-state index < -0.39 is 5.97 Å². The van der Waals surface area contributed by atoms with Crippen molar-refractivity contribution in [2.24, 2.45) is 0 Å². The third-order valence-corrected chi connectivity index (χ3v) is 2.98. The molecule has 0 saturated carbocycles. The van der Waals surface area contributed by atoms with Crippen LogP contribution in [0.2, 0.25) is 0 Å². The highest BCUT2D eigenvalue weighted by atomic mass is 79.9. The lowest BCUT2D eigenvalue weighted by Crippen LogP contribution is -2.40. The second kappa shape index (κ2) is 6.49. The largest absolute Gasteiger partial charge is 0.481 e. The van der Waals surface area contributed by atoms with Crippen molar-refractivity contribution in [3.63, 3.8) is 0 Å². The number of carbonyl (C=O) groups is 2. The molecule has 0 aliphatic rings. The Bertz CT molecular complexity index is 451. The summed E-state index contributed by atoms with van der Waals surface area (Å²) in [5.74, 6) is -1.18. The number of carbonyl (C=O) groups excluding carboxylic acids is 1. The van der Waals surface area contributed by atoms with Crippen molar-refractivity contribution in [1.82, 2.24) is 9.88 Å². The van der Waals surface area contributed by atoms with E-state index in [0.717, 1.165) is 0 Å². The average Bonchev–Trinajstić information content (AvgIpc) is 2.28. The molecule has 0 aliphatic heterocycles. The molecule has 0 saturated heterocycles. The number of nitrogens with zero attached hydrogens (tertiary/aromatic N) is 2. The fraction of sp³-hybridized carbons (Fsp3) is 0.417. The van der Waals surface area contributed by atoms with Crippen molar-refractivity contribution in [1.29, 1.82) is 0 Å². The van der Waals surface area contributed by atoms with E-state index in [9.17, 15) is 9.59 Å². The molecule has 0 fully saturated rings. The van der Waals surface area contributed by atoms with Crippen LogP contribution in [0.25, 0.3) is 0 Å². The van der Waals surface area contributed by atoms with Gasteiger partial charge in [-0.05, 0) is 41.9 Å². The molecule has 1 aromatic rings. The van der Waals surface area contributed by atoms with Crippen molar-refractivity contribution in [3.8, 4) is 0 Å². The first-order valence-corrected chi connectivity index (χ1v) is 6.40. The van der Waals surface area contributed by atoms with E-state index in [1.165, 1.54) is 4.90 Å². The Balaban J connectivity index is 2.88. The summed E-state index contributed by atoms with van der Waals surface area (Å²) < 4.78 is 0.579. The van der Waals surface area contributed by atoms with Crippen molar-refractivity contribution in [2.75, 3.05) is 6.54 Å². The summed E-state index contributed by atoms with van der Waals surface area (Å²) in [6, 6.07) is 4.71. The number of halogens is 1. The monoisotopic (exact) mass is 314 g/mol. The lowest BCUT2D eigenvalue weighted by atomic mass is 10.2. The second-order valence-corrected chi connectivity index (χ2v) is 4.70. The molecule has 1 atom stereocenters. The van der Waals surface area contributed by atoms with Crippen LogP contribution < -0.4 is 0 Å². The van der Waals surface area contributed by atoms with Crippen molar-refractivity contribution < 1.29 is 14.7 Å². The number of hydrogen-bond acceptors (Lipinski definition) is 3. The highest BCUT2D eigenvalue weighted by molar-refractivity contribution is 9.10. The number of carboxylic acid groups (broad SMARTS) is 1. The van der Waals surface area contributed by atoms with Crippen LogP contribution >= 0.6 is 15.9 Å². The fourth-order valence-electron chi connectivity index (χ4n) is 1.69. The van der Waals surface area contributed by atoms with Gasteiger partial charge in [0, 0.05) is 12.6 Å². The number of rotatable bonds is 5. The molecule has 0 aliphatic carbocycles. The van der Waals surface area contributed by atoms with Crippen LogP contribution in [0.4, 0.5) is 0 Å². The molecule has 1 N–H and O–H groups in total. The molecule has 1 aromatic heterocycles. The Hall–Kier alpha value is -1.43. The van der Waals surface area contributed by atoms with Gasteiger partial charge in [-0.3, -0.25) is 9.59 Å². The first kappa shape index (κ1) is 14.6. The minimum absolute atomic E-state index is 0.0758. The smallest absolute Gasteiger partial charge is 0.305 e. The number of aromatic nitrogens is 1. The molecular formula is C12H15BrN2O3. The van der Waals surface area contributed by atoms with Gasteiger partial charge in [-0.25, -0.2) is 4.98 Å². The van der Waals surface area contributed by atoms with Gasteiger partial charge >= 0.3 is 5.97 Å². The summed E-state index contributed by atoms with van der Waals surface area (Å²) >= 11 is 3.20. The second-order valence-electron chi connectivity index (χ2n) is 3.88. The first-order chi connectivity index (χ1) is 8.45. The third kappa shape index (κ3) is 3.80. The SMILES string of the molecule is CCN(C(=O)c1cccc(Br)n1)C(C)CC(=O)O. The van der Waals surface area contributed by atoms with Crippen molar-refractivity contribution in [2.45, 2.75) is 26.3 Å². The number of carboxylic acids is 1. The molecule has 0 radical (unpaired) electrons. The van der Waals surface area contributed by atoms with Crippen molar-refractivity contribution in [3.05, 3.63) is 28.5 Å². The molecule has 18 heavy (non-hydrogen) atoms. The van der Waals surface area contributed by atoms with Gasteiger partial charge in [0.15, 0.2) is 0 Å². The summed E-state index contributed by atoms with van der Waals surface area (Å²) in [5, 5.41) is 8.76. The molecule has 5 nitrogen and oxygen atoms in total. The van der Waals surface area contributed by atoms with E-state index in [2.05, 4.69) is 20.9 Å². The molecule has 0 bridgehead atoms. The molecule has 1 heterocycles. The molecule has 98 valence electrons. The summed E-state index contributed by atoms with van der Waals surface area (Å²) in [4.78, 5) is 28.5. The van der Waals surface area contributed by atoms with E-state index in [4.69, 9.17) is 5.11 Å². The van der Waals surface area contributed by atoms with Gasteiger partial charge in [0.25, 0.3) is 5.91 Å². The molecule has 1 amide bonds. The van der Waals surface area contributed by atoms with Crippen LogP contribution in [-0.2, 0) is 4.79 Å². The van der Waals surface area contributed by atoms with Crippen LogP contribution in [0.5, 0.6) is 0 Å². The number of amides is 1. The minimum atomic E-state index is -0.920. The third-order valence-electron chi connectivity index (χ3n) is 2.54. The van der Waals surface area contributed by atoms with Crippen LogP contribution in [0.15, 0.2) is 22.8 Å². The molecular weight excluding hydrogens is 300 g/mol. The first-order valence-electron chi connectivity index (χ1n) is 5.61. The highest BCUT2D eigenvalue weighted by Crippen LogP contribution is 2.12. The predicted molar refractivity (Wildman–Crippen MR) is 70.4 cm³/mol. The quantitative estimate of drug-likeness (QED) is 0.846. The van der Waals surface area contributed by atoms with E-state index in [-0.39, 0.29) is 18.4 Å². The Morgan fingerprint density at radius 2 is 2.17 bits per heavy atom. The Morgan fingerprint density at radius 3 is 2.67 bits per heavy atom. The topological polar surface area (TPSA) is 70.5 Å². The number of pyridine rings is 1. The van der Waals surface area contributed by atoms with Crippen LogP contribution in [0, 0.1) is 0 Å². The van der Waals surface area contributed by atoms with Gasteiger partial charge in [-0.15, -0.1) is 0 Å². The molecule has 1 unspecified atom stereocenters. The van der Waals surface area contributed by atoms with Gasteiger partial charge < -0.3 is 10.0 Å². The standard InChI is InChI=1S/C12H15BrN2O3/c1-3-15(8(2)7-11(16)17)12(18)9-5-4-6-10(13)14-9/h4-6,8H,3,7H2,1-2H3,(H,16,17). The van der Waals surface area contributed by atoms with E-state index >= 15 is 0 Å². The number of aliphatic carboxylic acids is 1. The molecule has 0 spiro atoms. The van der Waals surface area contributed by atoms with Gasteiger partial charge in [-0.2, -0.15) is 0 Å². The van der Waals surface area contributed by atoms with Crippen LogP contribution in [-0.4, -0.2) is 39.5 Å². The maximum Gasteiger partial charge on any atom is 0.305 e.